The van der Waals surface area contributed by atoms with Crippen molar-refractivity contribution in [1.82, 2.24) is 4.98 Å². The Morgan fingerprint density at radius 2 is 2.22 bits per heavy atom. The second kappa shape index (κ2) is 6.57. The number of benzene rings is 1. The Hall–Kier alpha value is -2.09. The van der Waals surface area contributed by atoms with Crippen molar-refractivity contribution in [2.45, 2.75) is 25.3 Å². The van der Waals surface area contributed by atoms with E-state index >= 15 is 0 Å². The van der Waals surface area contributed by atoms with Crippen LogP contribution in [-0.4, -0.2) is 25.6 Å². The second-order valence-corrected chi connectivity index (χ2v) is 6.37. The third-order valence-corrected chi connectivity index (χ3v) is 4.28. The van der Waals surface area contributed by atoms with E-state index in [0.717, 1.165) is 28.3 Å². The topological polar surface area (TPSA) is 91.8 Å². The number of rotatable bonds is 4. The molecule has 0 aliphatic carbocycles. The zero-order valence-electron chi connectivity index (χ0n) is 12.7. The van der Waals surface area contributed by atoms with Crippen LogP contribution in [0, 0.1) is 0 Å². The van der Waals surface area contributed by atoms with Gasteiger partial charge in [-0.1, -0.05) is 12.1 Å². The zero-order valence-corrected chi connectivity index (χ0v) is 13.5. The van der Waals surface area contributed by atoms with Crippen LogP contribution in [0.5, 0.6) is 0 Å². The van der Waals surface area contributed by atoms with Gasteiger partial charge in [-0.25, -0.2) is 9.20 Å². The number of hydrogen-bond acceptors (Lipinski definition) is 5. The summed E-state index contributed by atoms with van der Waals surface area (Å²) in [6.07, 6.45) is 3.47. The molecule has 1 aliphatic rings. The van der Waals surface area contributed by atoms with Crippen LogP contribution in [0.4, 0.5) is 11.4 Å². The lowest BCUT2D eigenvalue weighted by Gasteiger charge is -2.33. The van der Waals surface area contributed by atoms with Gasteiger partial charge in [-0.05, 0) is 30.7 Å². The SMILES string of the molecule is C[C@H](N)C1=Nc2cccc(CS(=O)O)c2CN1c1cccnc1. The van der Waals surface area contributed by atoms with Crippen LogP contribution >= 0.6 is 0 Å². The van der Waals surface area contributed by atoms with Gasteiger partial charge in [0.05, 0.1) is 35.9 Å². The van der Waals surface area contributed by atoms with E-state index in [1.165, 1.54) is 0 Å². The Morgan fingerprint density at radius 3 is 2.87 bits per heavy atom. The Morgan fingerprint density at radius 1 is 1.39 bits per heavy atom. The Balaban J connectivity index is 2.09. The normalized spacial score (nSPS) is 16.5. The van der Waals surface area contributed by atoms with E-state index in [1.54, 1.807) is 12.4 Å². The molecule has 0 amide bonds. The molecule has 0 saturated carbocycles. The summed E-state index contributed by atoms with van der Waals surface area (Å²) < 4.78 is 20.4. The highest BCUT2D eigenvalue weighted by Crippen LogP contribution is 2.32. The minimum atomic E-state index is -1.89. The summed E-state index contributed by atoms with van der Waals surface area (Å²) in [7, 11) is 0. The summed E-state index contributed by atoms with van der Waals surface area (Å²) in [4.78, 5) is 10.8. The van der Waals surface area contributed by atoms with Crippen LogP contribution in [0.25, 0.3) is 0 Å². The van der Waals surface area contributed by atoms with Gasteiger partial charge in [-0.3, -0.25) is 4.98 Å². The minimum absolute atomic E-state index is 0.0904. The van der Waals surface area contributed by atoms with Gasteiger partial charge in [-0.2, -0.15) is 0 Å². The molecule has 23 heavy (non-hydrogen) atoms. The van der Waals surface area contributed by atoms with Crippen LogP contribution in [0.1, 0.15) is 18.1 Å². The van der Waals surface area contributed by atoms with Gasteiger partial charge in [0, 0.05) is 11.8 Å². The summed E-state index contributed by atoms with van der Waals surface area (Å²) in [6.45, 7) is 2.44. The summed E-state index contributed by atoms with van der Waals surface area (Å²) in [5.74, 6) is 0.848. The molecule has 2 aromatic rings. The van der Waals surface area contributed by atoms with Crippen molar-refractivity contribution in [2.75, 3.05) is 4.90 Å². The molecule has 0 bridgehead atoms. The number of aliphatic imine (C=N–C) groups is 1. The van der Waals surface area contributed by atoms with Gasteiger partial charge in [0.1, 0.15) is 5.84 Å². The molecule has 6 nitrogen and oxygen atoms in total. The fourth-order valence-corrected chi connectivity index (χ4v) is 3.22. The Labute approximate surface area is 137 Å². The number of anilines is 1. The molecule has 0 saturated heterocycles. The number of hydrogen-bond donors (Lipinski definition) is 2. The quantitative estimate of drug-likeness (QED) is 0.839. The molecule has 1 aliphatic heterocycles. The highest BCUT2D eigenvalue weighted by Gasteiger charge is 2.25. The first kappa shape index (κ1) is 15.8. The predicted octanol–water partition coefficient (Wildman–Crippen LogP) is 2.20. The first-order valence-electron chi connectivity index (χ1n) is 7.26. The van der Waals surface area contributed by atoms with Crippen LogP contribution in [0.15, 0.2) is 47.7 Å². The van der Waals surface area contributed by atoms with Crippen molar-refractivity contribution in [2.24, 2.45) is 10.7 Å². The highest BCUT2D eigenvalue weighted by molar-refractivity contribution is 7.78. The average Bonchev–Trinajstić information content (AvgIpc) is 2.54. The van der Waals surface area contributed by atoms with Crippen LogP contribution in [0.2, 0.25) is 0 Å². The maximum Gasteiger partial charge on any atom is 0.157 e. The summed E-state index contributed by atoms with van der Waals surface area (Å²) in [5, 5.41) is 0. The van der Waals surface area contributed by atoms with Crippen LogP contribution in [0.3, 0.4) is 0 Å². The third kappa shape index (κ3) is 3.31. The summed E-state index contributed by atoms with van der Waals surface area (Å²) >= 11 is -1.89. The molecule has 0 fully saturated rings. The molecular formula is C16H18N4O2S. The first-order chi connectivity index (χ1) is 11.1. The van der Waals surface area contributed by atoms with Gasteiger partial charge < -0.3 is 15.2 Å². The maximum absolute atomic E-state index is 11.2. The molecule has 1 unspecified atom stereocenters. The average molecular weight is 330 g/mol. The van der Waals surface area contributed by atoms with Crippen molar-refractivity contribution in [3.05, 3.63) is 53.9 Å². The predicted molar refractivity (Wildman–Crippen MR) is 92.1 cm³/mol. The second-order valence-electron chi connectivity index (χ2n) is 5.44. The number of aromatic nitrogens is 1. The van der Waals surface area contributed by atoms with Crippen molar-refractivity contribution >= 4 is 28.3 Å². The number of fused-ring (bicyclic) bond motifs is 1. The van der Waals surface area contributed by atoms with Crippen LogP contribution < -0.4 is 10.6 Å². The zero-order chi connectivity index (χ0) is 16.4. The van der Waals surface area contributed by atoms with Crippen LogP contribution in [-0.2, 0) is 23.4 Å². The number of amidine groups is 1. The lowest BCUT2D eigenvalue weighted by molar-refractivity contribution is 0.563. The molecule has 0 spiro atoms. The molecular weight excluding hydrogens is 312 g/mol. The first-order valence-corrected chi connectivity index (χ1v) is 8.54. The van der Waals surface area contributed by atoms with E-state index in [0.29, 0.717) is 6.54 Å². The molecule has 1 aromatic carbocycles. The van der Waals surface area contributed by atoms with Gasteiger partial charge in [0.25, 0.3) is 0 Å². The van der Waals surface area contributed by atoms with Crippen molar-refractivity contribution < 1.29 is 8.76 Å². The number of nitrogens with zero attached hydrogens (tertiary/aromatic N) is 3. The van der Waals surface area contributed by atoms with Crippen molar-refractivity contribution in [3.63, 3.8) is 0 Å². The maximum atomic E-state index is 11.2. The Kier molecular flexibility index (Phi) is 4.51. The monoisotopic (exact) mass is 330 g/mol. The van der Waals surface area contributed by atoms with E-state index in [-0.39, 0.29) is 11.8 Å². The summed E-state index contributed by atoms with van der Waals surface area (Å²) in [5.41, 5.74) is 9.56. The fraction of sp³-hybridized carbons (Fsp3) is 0.250. The molecule has 3 rings (SSSR count). The molecule has 0 radical (unpaired) electrons. The third-order valence-electron chi connectivity index (χ3n) is 3.72. The van der Waals surface area contributed by atoms with Gasteiger partial charge >= 0.3 is 0 Å². The van der Waals surface area contributed by atoms with Gasteiger partial charge in [0.15, 0.2) is 11.1 Å². The highest BCUT2D eigenvalue weighted by atomic mass is 32.2. The molecule has 7 heteroatoms. The smallest absolute Gasteiger partial charge is 0.157 e. The van der Waals surface area contributed by atoms with E-state index in [1.807, 2.05) is 42.2 Å². The Bertz CT molecular complexity index is 762. The molecule has 2 atom stereocenters. The molecule has 1 aromatic heterocycles. The molecule has 2 heterocycles. The van der Waals surface area contributed by atoms with Crippen molar-refractivity contribution in [3.8, 4) is 0 Å². The van der Waals surface area contributed by atoms with Crippen molar-refractivity contribution in [1.29, 1.82) is 0 Å². The lowest BCUT2D eigenvalue weighted by atomic mass is 10.0. The summed E-state index contributed by atoms with van der Waals surface area (Å²) in [6, 6.07) is 9.19. The minimum Gasteiger partial charge on any atom is -0.323 e. The van der Waals surface area contributed by atoms with E-state index in [9.17, 15) is 8.76 Å². The fourth-order valence-electron chi connectivity index (χ4n) is 2.68. The number of nitrogens with two attached hydrogens (primary N) is 1. The van der Waals surface area contributed by atoms with Gasteiger partial charge in [-0.15, -0.1) is 0 Å². The molecule has 3 N–H and O–H groups in total. The number of pyridine rings is 1. The molecule has 120 valence electrons. The standard InChI is InChI=1S/C16H18N4O2S/c1-11(17)16-19-15-6-2-4-12(10-23(21)22)14(15)9-20(16)13-5-3-7-18-8-13/h2-8,11H,9-10,17H2,1H3,(H,21,22)/t11-/m0/s1. The largest absolute Gasteiger partial charge is 0.323 e. The van der Waals surface area contributed by atoms with E-state index < -0.39 is 11.1 Å². The van der Waals surface area contributed by atoms with E-state index in [4.69, 9.17) is 5.73 Å². The van der Waals surface area contributed by atoms with Gasteiger partial charge in [0.2, 0.25) is 0 Å². The lowest BCUT2D eigenvalue weighted by Crippen LogP contribution is -2.43. The van der Waals surface area contributed by atoms with E-state index in [2.05, 4.69) is 9.98 Å².